The molecule has 16 heteroatoms. The fourth-order valence-corrected chi connectivity index (χ4v) is 5.30. The number of alkyl halides is 3. The topological polar surface area (TPSA) is 118 Å². The lowest BCUT2D eigenvalue weighted by atomic mass is 9.99. The number of aromatic nitrogens is 2. The quantitative estimate of drug-likeness (QED) is 0.211. The Balaban J connectivity index is 1.56. The monoisotopic (exact) mass is 672 g/mol. The summed E-state index contributed by atoms with van der Waals surface area (Å²) in [6.45, 7) is -0.548. The molecule has 3 amide bonds. The van der Waals surface area contributed by atoms with Crippen LogP contribution in [0.1, 0.15) is 54.1 Å². The second-order valence-corrected chi connectivity index (χ2v) is 11.0. The van der Waals surface area contributed by atoms with Gasteiger partial charge in [-0.3, -0.25) is 9.59 Å². The average molecular weight is 673 g/mol. The van der Waals surface area contributed by atoms with Gasteiger partial charge in [0.15, 0.2) is 5.82 Å². The maximum absolute atomic E-state index is 14.6. The molecule has 0 unspecified atom stereocenters. The first-order valence-electron chi connectivity index (χ1n) is 14.0. The number of hydrogen-bond donors (Lipinski definition) is 3. The number of methoxy groups -OCH3 is 1. The van der Waals surface area contributed by atoms with E-state index >= 15 is 0 Å². The summed E-state index contributed by atoms with van der Waals surface area (Å²) in [7, 11) is 0.838. The van der Waals surface area contributed by atoms with Crippen molar-refractivity contribution in [2.24, 2.45) is 0 Å². The summed E-state index contributed by atoms with van der Waals surface area (Å²) in [5.74, 6) is -1.84. The third-order valence-electron chi connectivity index (χ3n) is 7.18. The summed E-state index contributed by atoms with van der Waals surface area (Å²) >= 11 is 12.3. The number of nitrogens with one attached hydrogen (secondary N) is 3. The number of carbonyl (C=O) groups excluding carboxylic acids is 3. The number of anilines is 1. The summed E-state index contributed by atoms with van der Waals surface area (Å²) in [4.78, 5) is 37.7. The van der Waals surface area contributed by atoms with Crippen molar-refractivity contribution >= 4 is 46.8 Å². The minimum atomic E-state index is -5.00. The fraction of sp³-hybridized carbons (Fsp3) is 0.379. The SMILES string of the molecule is COC(=O)N(CC[C@@H]1Nc2cccc(c2)[C@@H](NC(=O)c2cnn(-c3cccc(Cl)c3F)c2Cl)CCCCCNC1=O)C(F)(F)F. The van der Waals surface area contributed by atoms with Crippen LogP contribution in [0.25, 0.3) is 5.69 Å². The van der Waals surface area contributed by atoms with Crippen LogP contribution in [0.4, 0.5) is 28.0 Å². The summed E-state index contributed by atoms with van der Waals surface area (Å²) in [5.41, 5.74) is 1.03. The van der Waals surface area contributed by atoms with Crippen LogP contribution < -0.4 is 16.0 Å². The molecule has 10 nitrogen and oxygen atoms in total. The second-order valence-electron chi connectivity index (χ2n) is 10.2. The number of carbonyl (C=O) groups is 3. The number of amides is 3. The van der Waals surface area contributed by atoms with Gasteiger partial charge in [0, 0.05) is 18.8 Å². The van der Waals surface area contributed by atoms with Crippen molar-refractivity contribution in [3.8, 4) is 5.69 Å². The molecule has 0 saturated carbocycles. The molecule has 4 rings (SSSR count). The summed E-state index contributed by atoms with van der Waals surface area (Å²) in [5, 5.41) is 12.5. The first-order chi connectivity index (χ1) is 21.4. The second kappa shape index (κ2) is 14.8. The molecule has 3 N–H and O–H groups in total. The van der Waals surface area contributed by atoms with E-state index in [2.05, 4.69) is 25.8 Å². The standard InChI is InChI=1S/C29H30Cl2F4N6O4/c1-45-28(44)40(29(33,34)35)14-12-22-27(43)36-13-4-2-3-10-21(17-7-5-8-18(15-17)38-22)39-26(42)19-16-37-41(25(19)31)23-11-6-9-20(30)24(23)32/h5-9,11,15-16,21-22,38H,2-4,10,12-14H2,1H3,(H,36,43)(H,39,42)/t21-,22-/m0/s1. The van der Waals surface area contributed by atoms with Gasteiger partial charge in [-0.2, -0.15) is 5.10 Å². The third kappa shape index (κ3) is 8.37. The minimum Gasteiger partial charge on any atom is -0.453 e. The van der Waals surface area contributed by atoms with E-state index in [1.165, 1.54) is 24.4 Å². The van der Waals surface area contributed by atoms with E-state index in [4.69, 9.17) is 23.2 Å². The van der Waals surface area contributed by atoms with Gasteiger partial charge in [-0.15, -0.1) is 13.2 Å². The minimum absolute atomic E-state index is 0.00271. The molecule has 242 valence electrons. The largest absolute Gasteiger partial charge is 0.489 e. The lowest BCUT2D eigenvalue weighted by molar-refractivity contribution is -0.229. The maximum atomic E-state index is 14.6. The molecule has 0 radical (unpaired) electrons. The van der Waals surface area contributed by atoms with Gasteiger partial charge in [0.25, 0.3) is 5.91 Å². The predicted octanol–water partition coefficient (Wildman–Crippen LogP) is 6.24. The maximum Gasteiger partial charge on any atom is 0.489 e. The van der Waals surface area contributed by atoms with Gasteiger partial charge in [0.05, 0.1) is 29.9 Å². The van der Waals surface area contributed by atoms with Gasteiger partial charge in [-0.1, -0.05) is 54.2 Å². The van der Waals surface area contributed by atoms with Crippen LogP contribution >= 0.6 is 23.2 Å². The number of halogens is 6. The molecule has 2 aromatic carbocycles. The van der Waals surface area contributed by atoms with Crippen LogP contribution in [-0.4, -0.2) is 65.1 Å². The molecule has 1 aromatic heterocycles. The molecule has 45 heavy (non-hydrogen) atoms. The molecular formula is C29H30Cl2F4N6O4. The van der Waals surface area contributed by atoms with Crippen LogP contribution in [-0.2, 0) is 9.53 Å². The van der Waals surface area contributed by atoms with E-state index in [0.717, 1.165) is 11.8 Å². The molecule has 3 aromatic rings. The van der Waals surface area contributed by atoms with Gasteiger partial charge in [-0.05, 0) is 49.1 Å². The Bertz CT molecular complexity index is 1540. The van der Waals surface area contributed by atoms with Gasteiger partial charge in [0.1, 0.15) is 16.9 Å². The smallest absolute Gasteiger partial charge is 0.453 e. The zero-order valence-corrected chi connectivity index (χ0v) is 25.5. The lowest BCUT2D eigenvalue weighted by Gasteiger charge is -2.26. The van der Waals surface area contributed by atoms with Crippen molar-refractivity contribution in [3.63, 3.8) is 0 Å². The Morgan fingerprint density at radius 1 is 1.16 bits per heavy atom. The van der Waals surface area contributed by atoms with Gasteiger partial charge >= 0.3 is 12.4 Å². The normalized spacial score (nSPS) is 17.5. The molecule has 0 spiro atoms. The van der Waals surface area contributed by atoms with Gasteiger partial charge in [0.2, 0.25) is 5.91 Å². The van der Waals surface area contributed by atoms with Crippen LogP contribution in [0.3, 0.4) is 0 Å². The molecule has 0 fully saturated rings. The van der Waals surface area contributed by atoms with Crippen LogP contribution in [0.15, 0.2) is 48.7 Å². The third-order valence-corrected chi connectivity index (χ3v) is 7.83. The highest BCUT2D eigenvalue weighted by atomic mass is 35.5. The number of ether oxygens (including phenoxy) is 1. The Morgan fingerprint density at radius 3 is 2.64 bits per heavy atom. The molecule has 1 aliphatic rings. The van der Waals surface area contributed by atoms with Gasteiger partial charge < -0.3 is 20.7 Å². The first-order valence-corrected chi connectivity index (χ1v) is 14.7. The number of nitrogens with zero attached hydrogens (tertiary/aromatic N) is 3. The summed E-state index contributed by atoms with van der Waals surface area (Å²) in [6, 6.07) is 9.40. The van der Waals surface area contributed by atoms with Crippen molar-refractivity contribution in [2.45, 2.75) is 50.5 Å². The predicted molar refractivity (Wildman–Crippen MR) is 159 cm³/mol. The summed E-state index contributed by atoms with van der Waals surface area (Å²) in [6.07, 6.45) is -3.30. The fourth-order valence-electron chi connectivity index (χ4n) is 4.86. The molecule has 0 saturated heterocycles. The van der Waals surface area contributed by atoms with E-state index in [0.29, 0.717) is 36.9 Å². The number of rotatable bonds is 6. The molecular weight excluding hydrogens is 643 g/mol. The molecule has 2 heterocycles. The summed E-state index contributed by atoms with van der Waals surface area (Å²) < 4.78 is 60.3. The molecule has 2 bridgehead atoms. The molecule has 0 aliphatic carbocycles. The number of benzene rings is 2. The van der Waals surface area contributed by atoms with Crippen LogP contribution in [0, 0.1) is 5.82 Å². The van der Waals surface area contributed by atoms with Crippen molar-refractivity contribution in [1.29, 1.82) is 0 Å². The van der Waals surface area contributed by atoms with Crippen LogP contribution in [0.5, 0.6) is 0 Å². The first kappa shape index (κ1) is 33.8. The van der Waals surface area contributed by atoms with E-state index in [-0.39, 0.29) is 34.4 Å². The Morgan fingerprint density at radius 2 is 1.91 bits per heavy atom. The van der Waals surface area contributed by atoms with Crippen molar-refractivity contribution < 1.29 is 36.7 Å². The number of hydrogen-bond acceptors (Lipinski definition) is 6. The zero-order chi connectivity index (χ0) is 32.7. The van der Waals surface area contributed by atoms with Gasteiger partial charge in [-0.25, -0.2) is 18.8 Å². The van der Waals surface area contributed by atoms with Crippen molar-refractivity contribution in [3.05, 3.63) is 75.8 Å². The van der Waals surface area contributed by atoms with Crippen molar-refractivity contribution in [2.75, 3.05) is 25.5 Å². The highest BCUT2D eigenvalue weighted by Crippen LogP contribution is 2.29. The van der Waals surface area contributed by atoms with Crippen molar-refractivity contribution in [1.82, 2.24) is 25.3 Å². The van der Waals surface area contributed by atoms with E-state index in [1.807, 2.05) is 0 Å². The Kier molecular flexibility index (Phi) is 11.2. The zero-order valence-electron chi connectivity index (χ0n) is 24.0. The van der Waals surface area contributed by atoms with E-state index < -0.39 is 53.6 Å². The van der Waals surface area contributed by atoms with E-state index in [9.17, 15) is 31.9 Å². The average Bonchev–Trinajstić information content (AvgIpc) is 3.38. The van der Waals surface area contributed by atoms with Crippen LogP contribution in [0.2, 0.25) is 10.2 Å². The Hall–Kier alpha value is -4.04. The molecule has 2 atom stereocenters. The molecule has 1 aliphatic heterocycles. The lowest BCUT2D eigenvalue weighted by Crippen LogP contribution is -2.47. The highest BCUT2D eigenvalue weighted by molar-refractivity contribution is 6.33. The highest BCUT2D eigenvalue weighted by Gasteiger charge is 2.42. The Labute approximate surface area is 266 Å². The number of fused-ring (bicyclic) bond motifs is 2. The van der Waals surface area contributed by atoms with E-state index in [1.54, 1.807) is 24.3 Å².